The van der Waals surface area contributed by atoms with E-state index in [-0.39, 0.29) is 12.0 Å². The lowest BCUT2D eigenvalue weighted by Gasteiger charge is -2.22. The van der Waals surface area contributed by atoms with Crippen LogP contribution in [0.4, 0.5) is 11.4 Å². The van der Waals surface area contributed by atoms with Crippen molar-refractivity contribution in [3.05, 3.63) is 21.1 Å². The van der Waals surface area contributed by atoms with E-state index in [1.165, 1.54) is 6.42 Å². The number of halogens is 2. The van der Waals surface area contributed by atoms with E-state index in [2.05, 4.69) is 37.2 Å². The quantitative estimate of drug-likeness (QED) is 0.741. The van der Waals surface area contributed by atoms with Gasteiger partial charge in [0.2, 0.25) is 5.91 Å². The van der Waals surface area contributed by atoms with Gasteiger partial charge in [-0.3, -0.25) is 4.79 Å². The van der Waals surface area contributed by atoms with E-state index >= 15 is 0 Å². The molecule has 1 fully saturated rings. The van der Waals surface area contributed by atoms with E-state index in [4.69, 9.17) is 10.5 Å². The van der Waals surface area contributed by atoms with Gasteiger partial charge in [0.15, 0.2) is 0 Å². The monoisotopic (exact) mass is 404 g/mol. The van der Waals surface area contributed by atoms with Crippen LogP contribution in [0, 0.1) is 0 Å². The second-order valence-electron chi connectivity index (χ2n) is 4.93. The molecule has 1 heterocycles. The summed E-state index contributed by atoms with van der Waals surface area (Å²) in [6, 6.07) is 3.54. The molecule has 0 bridgehead atoms. The Morgan fingerprint density at radius 2 is 2.05 bits per heavy atom. The number of nitrogen functional groups attached to an aromatic ring is 1. The number of anilines is 2. The van der Waals surface area contributed by atoms with Gasteiger partial charge in [-0.05, 0) is 69.7 Å². The van der Waals surface area contributed by atoms with Crippen LogP contribution in [0.25, 0.3) is 0 Å². The number of benzene rings is 1. The summed E-state index contributed by atoms with van der Waals surface area (Å²) in [7, 11) is 0. The molecule has 0 aliphatic carbocycles. The molecule has 2 rings (SSSR count). The number of nitrogens with one attached hydrogen (secondary N) is 1. The number of rotatable bonds is 4. The summed E-state index contributed by atoms with van der Waals surface area (Å²) in [4.78, 5) is 12.0. The Morgan fingerprint density at radius 3 is 2.65 bits per heavy atom. The van der Waals surface area contributed by atoms with Gasteiger partial charge in [-0.1, -0.05) is 0 Å². The van der Waals surface area contributed by atoms with Crippen LogP contribution in [0.15, 0.2) is 21.1 Å². The van der Waals surface area contributed by atoms with E-state index < -0.39 is 0 Å². The van der Waals surface area contributed by atoms with E-state index in [0.29, 0.717) is 17.8 Å². The molecular formula is C14H18Br2N2O2. The fourth-order valence-electron chi connectivity index (χ4n) is 2.24. The first-order chi connectivity index (χ1) is 9.56. The Bertz CT molecular complexity index is 465. The fourth-order valence-corrected chi connectivity index (χ4v) is 3.66. The van der Waals surface area contributed by atoms with Gasteiger partial charge in [-0.15, -0.1) is 0 Å². The van der Waals surface area contributed by atoms with Crippen molar-refractivity contribution in [2.75, 3.05) is 17.7 Å². The average Bonchev–Trinajstić information content (AvgIpc) is 2.42. The SMILES string of the molecule is Nc1cc(Br)c(NC(=O)CCC2CCCCO2)c(Br)c1. The average molecular weight is 406 g/mol. The van der Waals surface area contributed by atoms with Crippen LogP contribution in [0.5, 0.6) is 0 Å². The van der Waals surface area contributed by atoms with Crippen LogP contribution < -0.4 is 11.1 Å². The van der Waals surface area contributed by atoms with Crippen molar-refractivity contribution in [2.45, 2.75) is 38.2 Å². The van der Waals surface area contributed by atoms with Gasteiger partial charge in [-0.2, -0.15) is 0 Å². The zero-order valence-corrected chi connectivity index (χ0v) is 14.3. The minimum atomic E-state index is -0.00894. The maximum atomic E-state index is 12.0. The zero-order valence-electron chi connectivity index (χ0n) is 11.1. The highest BCUT2D eigenvalue weighted by Gasteiger charge is 2.16. The van der Waals surface area contributed by atoms with Crippen molar-refractivity contribution >= 4 is 49.1 Å². The summed E-state index contributed by atoms with van der Waals surface area (Å²) in [5.41, 5.74) is 7.08. The minimum Gasteiger partial charge on any atom is -0.399 e. The molecule has 1 aliphatic rings. The van der Waals surface area contributed by atoms with Crippen LogP contribution in [0.2, 0.25) is 0 Å². The Labute approximate surface area is 135 Å². The van der Waals surface area contributed by atoms with Crippen LogP contribution in [-0.2, 0) is 9.53 Å². The normalized spacial score (nSPS) is 18.8. The lowest BCUT2D eigenvalue weighted by molar-refractivity contribution is -0.117. The summed E-state index contributed by atoms with van der Waals surface area (Å²) >= 11 is 6.81. The number of carbonyl (C=O) groups is 1. The Morgan fingerprint density at radius 1 is 1.35 bits per heavy atom. The molecule has 1 saturated heterocycles. The van der Waals surface area contributed by atoms with E-state index in [1.807, 2.05) is 0 Å². The lowest BCUT2D eigenvalue weighted by Crippen LogP contribution is -2.22. The highest BCUT2D eigenvalue weighted by Crippen LogP contribution is 2.33. The lowest BCUT2D eigenvalue weighted by atomic mass is 10.0. The van der Waals surface area contributed by atoms with Crippen LogP contribution in [0.1, 0.15) is 32.1 Å². The summed E-state index contributed by atoms with van der Waals surface area (Å²) < 4.78 is 7.17. The first-order valence-electron chi connectivity index (χ1n) is 6.72. The third-order valence-electron chi connectivity index (χ3n) is 3.30. The van der Waals surface area contributed by atoms with Crippen LogP contribution >= 0.6 is 31.9 Å². The second-order valence-corrected chi connectivity index (χ2v) is 6.64. The predicted octanol–water partition coefficient (Wildman–Crippen LogP) is 4.08. The standard InChI is InChI=1S/C14H18Br2N2O2/c15-11-7-9(17)8-12(16)14(11)18-13(19)5-4-10-3-1-2-6-20-10/h7-8,10H,1-6,17H2,(H,18,19). The van der Waals surface area contributed by atoms with Gasteiger partial charge in [0.1, 0.15) is 0 Å². The highest BCUT2D eigenvalue weighted by atomic mass is 79.9. The number of carbonyl (C=O) groups excluding carboxylic acids is 1. The number of nitrogens with two attached hydrogens (primary N) is 1. The van der Waals surface area contributed by atoms with E-state index in [1.54, 1.807) is 12.1 Å². The summed E-state index contributed by atoms with van der Waals surface area (Å²) in [6.07, 6.45) is 4.86. The topological polar surface area (TPSA) is 64.3 Å². The predicted molar refractivity (Wildman–Crippen MR) is 87.7 cm³/mol. The van der Waals surface area contributed by atoms with E-state index in [0.717, 1.165) is 34.8 Å². The molecule has 0 spiro atoms. The molecule has 1 atom stereocenters. The Kier molecular flexibility index (Phi) is 5.86. The van der Waals surface area contributed by atoms with Gasteiger partial charge < -0.3 is 15.8 Å². The van der Waals surface area contributed by atoms with Gasteiger partial charge in [0.25, 0.3) is 0 Å². The largest absolute Gasteiger partial charge is 0.399 e. The van der Waals surface area contributed by atoms with Crippen molar-refractivity contribution in [1.82, 2.24) is 0 Å². The van der Waals surface area contributed by atoms with Crippen molar-refractivity contribution in [3.63, 3.8) is 0 Å². The molecule has 6 heteroatoms. The number of ether oxygens (including phenoxy) is 1. The summed E-state index contributed by atoms with van der Waals surface area (Å²) in [5.74, 6) is -0.00894. The van der Waals surface area contributed by atoms with Gasteiger partial charge in [-0.25, -0.2) is 0 Å². The molecule has 0 aromatic heterocycles. The number of hydrogen-bond donors (Lipinski definition) is 2. The molecule has 0 radical (unpaired) electrons. The maximum absolute atomic E-state index is 12.0. The molecule has 110 valence electrons. The van der Waals surface area contributed by atoms with Crippen molar-refractivity contribution in [3.8, 4) is 0 Å². The van der Waals surface area contributed by atoms with E-state index in [9.17, 15) is 4.79 Å². The molecular weight excluding hydrogens is 388 g/mol. The number of hydrogen-bond acceptors (Lipinski definition) is 3. The molecule has 1 amide bonds. The molecule has 1 aromatic rings. The highest BCUT2D eigenvalue weighted by molar-refractivity contribution is 9.11. The molecule has 1 unspecified atom stereocenters. The second kappa shape index (κ2) is 7.43. The van der Waals surface area contributed by atoms with Gasteiger partial charge in [0.05, 0.1) is 11.8 Å². The Hall–Kier alpha value is -0.590. The summed E-state index contributed by atoms with van der Waals surface area (Å²) in [5, 5.41) is 2.90. The van der Waals surface area contributed by atoms with Crippen molar-refractivity contribution in [2.24, 2.45) is 0 Å². The maximum Gasteiger partial charge on any atom is 0.224 e. The smallest absolute Gasteiger partial charge is 0.224 e. The molecule has 0 saturated carbocycles. The molecule has 1 aromatic carbocycles. The molecule has 3 N–H and O–H groups in total. The van der Waals surface area contributed by atoms with Crippen molar-refractivity contribution < 1.29 is 9.53 Å². The first-order valence-corrected chi connectivity index (χ1v) is 8.31. The molecule has 1 aliphatic heterocycles. The third kappa shape index (κ3) is 4.46. The third-order valence-corrected chi connectivity index (χ3v) is 4.55. The zero-order chi connectivity index (χ0) is 14.5. The van der Waals surface area contributed by atoms with Crippen molar-refractivity contribution in [1.29, 1.82) is 0 Å². The van der Waals surface area contributed by atoms with Gasteiger partial charge >= 0.3 is 0 Å². The van der Waals surface area contributed by atoms with Crippen LogP contribution in [-0.4, -0.2) is 18.6 Å². The molecule has 20 heavy (non-hydrogen) atoms. The minimum absolute atomic E-state index is 0.00894. The van der Waals surface area contributed by atoms with Crippen LogP contribution in [0.3, 0.4) is 0 Å². The summed E-state index contributed by atoms with van der Waals surface area (Å²) in [6.45, 7) is 0.821. The molecule has 4 nitrogen and oxygen atoms in total. The van der Waals surface area contributed by atoms with Gasteiger partial charge in [0, 0.05) is 27.7 Å². The number of amides is 1. The Balaban J connectivity index is 1.88. The fraction of sp³-hybridized carbons (Fsp3) is 0.500. The first kappa shape index (κ1) is 15.8.